The van der Waals surface area contributed by atoms with Crippen LogP contribution in [0.5, 0.6) is 0 Å². The molecule has 1 fully saturated rings. The minimum atomic E-state index is 0.631. The van der Waals surface area contributed by atoms with Crippen LogP contribution in [0, 0.1) is 0 Å². The first kappa shape index (κ1) is 10.5. The van der Waals surface area contributed by atoms with Crippen LogP contribution in [0.3, 0.4) is 0 Å². The number of rotatable bonds is 3. The Morgan fingerprint density at radius 1 is 1.64 bits per heavy atom. The van der Waals surface area contributed by atoms with Crippen LogP contribution < -0.4 is 0 Å². The first-order valence-electron chi connectivity index (χ1n) is 5.38. The molecular formula is C11H17NS2. The zero-order valence-corrected chi connectivity index (χ0v) is 10.5. The third-order valence-corrected chi connectivity index (χ3v) is 5.37. The molecule has 0 bridgehead atoms. The highest BCUT2D eigenvalue weighted by atomic mass is 32.2. The number of nitrogens with zero attached hydrogens (tertiary/aromatic N) is 1. The Morgan fingerprint density at radius 3 is 3.14 bits per heavy atom. The number of hydrogen-bond donors (Lipinski definition) is 0. The van der Waals surface area contributed by atoms with Gasteiger partial charge in [0.25, 0.3) is 0 Å². The summed E-state index contributed by atoms with van der Waals surface area (Å²) in [6.07, 6.45) is 3.90. The highest BCUT2D eigenvalue weighted by Crippen LogP contribution is 2.41. The quantitative estimate of drug-likeness (QED) is 0.766. The van der Waals surface area contributed by atoms with E-state index in [1.165, 1.54) is 35.7 Å². The Hall–Kier alpha value is -0.0200. The predicted octanol–water partition coefficient (Wildman–Crippen LogP) is 4.22. The molecule has 14 heavy (non-hydrogen) atoms. The van der Waals surface area contributed by atoms with Crippen molar-refractivity contribution in [2.24, 2.45) is 0 Å². The molecule has 1 aromatic heterocycles. The maximum absolute atomic E-state index is 4.76. The number of aromatic nitrogens is 1. The second-order valence-corrected chi connectivity index (χ2v) is 6.12. The molecule has 1 aromatic rings. The molecule has 0 amide bonds. The Kier molecular flexibility index (Phi) is 3.50. The van der Waals surface area contributed by atoms with E-state index in [9.17, 15) is 0 Å². The van der Waals surface area contributed by atoms with Gasteiger partial charge in [-0.05, 0) is 30.9 Å². The molecule has 1 nitrogen and oxygen atoms in total. The van der Waals surface area contributed by atoms with E-state index in [1.54, 1.807) is 0 Å². The summed E-state index contributed by atoms with van der Waals surface area (Å²) in [5.41, 5.74) is 1.31. The fraction of sp³-hybridized carbons (Fsp3) is 0.727. The van der Waals surface area contributed by atoms with Crippen molar-refractivity contribution in [3.8, 4) is 0 Å². The SMILES string of the molecule is CCC(C)c1csc(C2CCCS2)n1. The molecule has 1 aliphatic rings. The lowest BCUT2D eigenvalue weighted by molar-refractivity contribution is 0.706. The summed E-state index contributed by atoms with van der Waals surface area (Å²) in [6.45, 7) is 4.49. The van der Waals surface area contributed by atoms with Crippen LogP contribution >= 0.6 is 23.1 Å². The van der Waals surface area contributed by atoms with Crippen LogP contribution in [0.4, 0.5) is 0 Å². The summed E-state index contributed by atoms with van der Waals surface area (Å²) in [4.78, 5) is 4.76. The van der Waals surface area contributed by atoms with Crippen molar-refractivity contribution in [2.75, 3.05) is 5.75 Å². The smallest absolute Gasteiger partial charge is 0.106 e. The van der Waals surface area contributed by atoms with E-state index in [0.29, 0.717) is 11.2 Å². The van der Waals surface area contributed by atoms with Gasteiger partial charge in [0.2, 0.25) is 0 Å². The van der Waals surface area contributed by atoms with E-state index in [1.807, 2.05) is 11.3 Å². The molecule has 1 saturated heterocycles. The summed E-state index contributed by atoms with van der Waals surface area (Å²) in [6, 6.07) is 0. The van der Waals surface area contributed by atoms with Crippen LogP contribution in [0.25, 0.3) is 0 Å². The van der Waals surface area contributed by atoms with Crippen molar-refractivity contribution in [1.29, 1.82) is 0 Å². The highest BCUT2D eigenvalue weighted by Gasteiger charge is 2.21. The van der Waals surface area contributed by atoms with Gasteiger partial charge in [0.1, 0.15) is 5.01 Å². The monoisotopic (exact) mass is 227 g/mol. The molecule has 0 aliphatic carbocycles. The molecule has 0 spiro atoms. The lowest BCUT2D eigenvalue weighted by Crippen LogP contribution is -1.93. The molecule has 1 aliphatic heterocycles. The topological polar surface area (TPSA) is 12.9 Å². The average molecular weight is 227 g/mol. The predicted molar refractivity (Wildman–Crippen MR) is 65.3 cm³/mol. The fourth-order valence-electron chi connectivity index (χ4n) is 1.66. The third kappa shape index (κ3) is 2.14. The zero-order chi connectivity index (χ0) is 9.97. The van der Waals surface area contributed by atoms with Crippen molar-refractivity contribution < 1.29 is 0 Å². The summed E-state index contributed by atoms with van der Waals surface area (Å²) >= 11 is 3.93. The largest absolute Gasteiger partial charge is 0.245 e. The summed E-state index contributed by atoms with van der Waals surface area (Å²) in [7, 11) is 0. The van der Waals surface area contributed by atoms with E-state index in [0.717, 1.165) is 0 Å². The second kappa shape index (κ2) is 4.67. The molecule has 3 heteroatoms. The van der Waals surface area contributed by atoms with E-state index in [2.05, 4.69) is 31.0 Å². The maximum Gasteiger partial charge on any atom is 0.106 e. The van der Waals surface area contributed by atoms with Gasteiger partial charge in [-0.2, -0.15) is 11.8 Å². The number of thioether (sulfide) groups is 1. The standard InChI is InChI=1S/C11H17NS2/c1-3-8(2)9-7-14-11(12-9)10-5-4-6-13-10/h7-8,10H,3-6H2,1-2H3. The minimum absolute atomic E-state index is 0.631. The summed E-state index contributed by atoms with van der Waals surface area (Å²) < 4.78 is 0. The van der Waals surface area contributed by atoms with Gasteiger partial charge in [0.05, 0.1) is 10.9 Å². The summed E-state index contributed by atoms with van der Waals surface area (Å²) in [5.74, 6) is 1.95. The van der Waals surface area contributed by atoms with E-state index < -0.39 is 0 Å². The van der Waals surface area contributed by atoms with Gasteiger partial charge in [0.15, 0.2) is 0 Å². The van der Waals surface area contributed by atoms with Gasteiger partial charge >= 0.3 is 0 Å². The van der Waals surface area contributed by atoms with Gasteiger partial charge in [0, 0.05) is 5.38 Å². The van der Waals surface area contributed by atoms with Crippen LogP contribution in [-0.2, 0) is 0 Å². The second-order valence-electron chi connectivity index (χ2n) is 3.92. The third-order valence-electron chi connectivity index (χ3n) is 2.86. The molecule has 0 aromatic carbocycles. The molecule has 2 atom stereocenters. The van der Waals surface area contributed by atoms with Gasteiger partial charge < -0.3 is 0 Å². The van der Waals surface area contributed by atoms with E-state index in [4.69, 9.17) is 4.98 Å². The number of thiazole rings is 1. The zero-order valence-electron chi connectivity index (χ0n) is 8.82. The van der Waals surface area contributed by atoms with Gasteiger partial charge in [-0.1, -0.05) is 13.8 Å². The molecule has 78 valence electrons. The first-order chi connectivity index (χ1) is 6.81. The van der Waals surface area contributed by atoms with Crippen LogP contribution in [-0.4, -0.2) is 10.7 Å². The Balaban J connectivity index is 2.08. The van der Waals surface area contributed by atoms with Crippen LogP contribution in [0.2, 0.25) is 0 Å². The van der Waals surface area contributed by atoms with Crippen molar-refractivity contribution in [3.05, 3.63) is 16.1 Å². The molecule has 2 heterocycles. The van der Waals surface area contributed by atoms with Crippen molar-refractivity contribution in [2.45, 2.75) is 44.3 Å². The van der Waals surface area contributed by atoms with Crippen LogP contribution in [0.15, 0.2) is 5.38 Å². The fourth-order valence-corrected chi connectivity index (χ4v) is 4.13. The maximum atomic E-state index is 4.76. The van der Waals surface area contributed by atoms with E-state index >= 15 is 0 Å². The Labute approximate surface area is 94.3 Å². The average Bonchev–Trinajstić information content (AvgIpc) is 2.86. The summed E-state index contributed by atoms with van der Waals surface area (Å²) in [5, 5.41) is 4.32. The molecule has 2 rings (SSSR count). The van der Waals surface area contributed by atoms with Gasteiger partial charge in [-0.3, -0.25) is 0 Å². The first-order valence-corrected chi connectivity index (χ1v) is 7.31. The van der Waals surface area contributed by atoms with Crippen molar-refractivity contribution >= 4 is 23.1 Å². The van der Waals surface area contributed by atoms with Crippen LogP contribution in [0.1, 0.15) is 55.0 Å². The normalized spacial score (nSPS) is 24.0. The molecule has 0 radical (unpaired) electrons. The van der Waals surface area contributed by atoms with Gasteiger partial charge in [-0.15, -0.1) is 11.3 Å². The minimum Gasteiger partial charge on any atom is -0.245 e. The highest BCUT2D eigenvalue weighted by molar-refractivity contribution is 7.99. The van der Waals surface area contributed by atoms with Crippen molar-refractivity contribution in [1.82, 2.24) is 4.98 Å². The van der Waals surface area contributed by atoms with Crippen molar-refractivity contribution in [3.63, 3.8) is 0 Å². The molecule has 0 N–H and O–H groups in total. The van der Waals surface area contributed by atoms with E-state index in [-0.39, 0.29) is 0 Å². The number of hydrogen-bond acceptors (Lipinski definition) is 3. The Morgan fingerprint density at radius 2 is 2.50 bits per heavy atom. The molecule has 0 saturated carbocycles. The van der Waals surface area contributed by atoms with Gasteiger partial charge in [-0.25, -0.2) is 4.98 Å². The Bertz CT molecular complexity index is 289. The molecular weight excluding hydrogens is 210 g/mol. The molecule has 2 unspecified atom stereocenters. The lowest BCUT2D eigenvalue weighted by Gasteiger charge is -2.05. The lowest BCUT2D eigenvalue weighted by atomic mass is 10.1.